The van der Waals surface area contributed by atoms with Gasteiger partial charge in [0.1, 0.15) is 0 Å². The van der Waals surface area contributed by atoms with Gasteiger partial charge in [-0.3, -0.25) is 0 Å². The van der Waals surface area contributed by atoms with Gasteiger partial charge in [-0.25, -0.2) is 0 Å². The molecule has 1 fully saturated rings. The van der Waals surface area contributed by atoms with Gasteiger partial charge in [0.2, 0.25) is 0 Å². The van der Waals surface area contributed by atoms with Gasteiger partial charge in [0.15, 0.2) is 0 Å². The van der Waals surface area contributed by atoms with Gasteiger partial charge >= 0.3 is 0 Å². The molecule has 1 aliphatic rings. The maximum absolute atomic E-state index is 4.21. The highest BCUT2D eigenvalue weighted by Crippen LogP contribution is 2.29. The van der Waals surface area contributed by atoms with Crippen molar-refractivity contribution in [2.45, 2.75) is 44.9 Å². The fourth-order valence-electron chi connectivity index (χ4n) is 1.63. The second kappa shape index (κ2) is 5.06. The molecule has 59 valence electrons. The Kier molecular flexibility index (Phi) is 4.27. The van der Waals surface area contributed by atoms with Gasteiger partial charge in [-0.15, -0.1) is 0 Å². The SMILES string of the molecule is SCCC[C]1CCCCC1. The van der Waals surface area contributed by atoms with E-state index < -0.39 is 0 Å². The van der Waals surface area contributed by atoms with Crippen LogP contribution < -0.4 is 0 Å². The van der Waals surface area contributed by atoms with Crippen molar-refractivity contribution in [1.29, 1.82) is 0 Å². The summed E-state index contributed by atoms with van der Waals surface area (Å²) in [5.74, 6) is 2.86. The van der Waals surface area contributed by atoms with E-state index in [1.54, 1.807) is 5.92 Å². The van der Waals surface area contributed by atoms with Gasteiger partial charge in [0, 0.05) is 0 Å². The molecule has 1 saturated carbocycles. The molecule has 0 aliphatic heterocycles. The third-order valence-electron chi connectivity index (χ3n) is 2.25. The molecule has 0 unspecified atom stereocenters. The summed E-state index contributed by atoms with van der Waals surface area (Å²) < 4.78 is 0. The highest BCUT2D eigenvalue weighted by Gasteiger charge is 2.12. The highest BCUT2D eigenvalue weighted by molar-refractivity contribution is 7.80. The molecule has 0 saturated heterocycles. The van der Waals surface area contributed by atoms with Crippen LogP contribution in [-0.4, -0.2) is 5.75 Å². The molecule has 0 spiro atoms. The summed E-state index contributed by atoms with van der Waals surface area (Å²) in [7, 11) is 0. The Bertz CT molecular complexity index is 74.8. The summed E-state index contributed by atoms with van der Waals surface area (Å²) in [5, 5.41) is 0. The van der Waals surface area contributed by atoms with Crippen LogP contribution in [0.4, 0.5) is 0 Å². The van der Waals surface area contributed by atoms with Crippen molar-refractivity contribution in [3.8, 4) is 0 Å². The summed E-state index contributed by atoms with van der Waals surface area (Å²) in [6.45, 7) is 0. The van der Waals surface area contributed by atoms with Crippen LogP contribution in [0.25, 0.3) is 0 Å². The Labute approximate surface area is 69.8 Å². The van der Waals surface area contributed by atoms with Gasteiger partial charge in [-0.05, 0) is 37.4 Å². The Balaban J connectivity index is 2.02. The van der Waals surface area contributed by atoms with Crippen LogP contribution in [0.5, 0.6) is 0 Å². The predicted octanol–water partition coefficient (Wildman–Crippen LogP) is 3.23. The van der Waals surface area contributed by atoms with Crippen molar-refractivity contribution in [1.82, 2.24) is 0 Å². The quantitative estimate of drug-likeness (QED) is 0.597. The van der Waals surface area contributed by atoms with Gasteiger partial charge in [0.25, 0.3) is 0 Å². The zero-order valence-corrected chi connectivity index (χ0v) is 7.50. The number of hydrogen-bond donors (Lipinski definition) is 1. The maximum Gasteiger partial charge on any atom is -0.00977 e. The highest BCUT2D eigenvalue weighted by atomic mass is 32.1. The van der Waals surface area contributed by atoms with Gasteiger partial charge in [-0.2, -0.15) is 12.6 Å². The van der Waals surface area contributed by atoms with Gasteiger partial charge in [0.05, 0.1) is 0 Å². The Morgan fingerprint density at radius 3 is 2.40 bits per heavy atom. The summed E-state index contributed by atoms with van der Waals surface area (Å²) in [6.07, 6.45) is 9.82. The zero-order valence-electron chi connectivity index (χ0n) is 6.60. The lowest BCUT2D eigenvalue weighted by Gasteiger charge is -2.20. The van der Waals surface area contributed by atoms with E-state index in [-0.39, 0.29) is 0 Å². The summed E-state index contributed by atoms with van der Waals surface area (Å²) in [6, 6.07) is 0. The average Bonchev–Trinajstić information content (AvgIpc) is 2.03. The standard InChI is InChI=1S/C9H17S/c10-8-4-7-9-5-2-1-3-6-9/h10H,1-8H2. The molecule has 0 aromatic heterocycles. The van der Waals surface area contributed by atoms with Crippen LogP contribution in [0.15, 0.2) is 0 Å². The van der Waals surface area contributed by atoms with E-state index in [9.17, 15) is 0 Å². The van der Waals surface area contributed by atoms with Crippen molar-refractivity contribution < 1.29 is 0 Å². The van der Waals surface area contributed by atoms with E-state index >= 15 is 0 Å². The molecule has 0 N–H and O–H groups in total. The molecule has 0 heterocycles. The normalized spacial score (nSPS) is 21.3. The van der Waals surface area contributed by atoms with Crippen molar-refractivity contribution in [3.63, 3.8) is 0 Å². The van der Waals surface area contributed by atoms with E-state index in [1.807, 2.05) is 0 Å². The molecular weight excluding hydrogens is 140 g/mol. The smallest absolute Gasteiger partial charge is 0.00977 e. The lowest BCUT2D eigenvalue weighted by Crippen LogP contribution is -2.03. The average molecular weight is 157 g/mol. The summed E-state index contributed by atoms with van der Waals surface area (Å²) in [5.41, 5.74) is 0. The first-order chi connectivity index (χ1) is 4.93. The molecule has 1 heteroatoms. The third kappa shape index (κ3) is 2.96. The molecule has 0 atom stereocenters. The fourth-order valence-corrected chi connectivity index (χ4v) is 1.79. The largest absolute Gasteiger partial charge is 0.179 e. The number of thiol groups is 1. The van der Waals surface area contributed by atoms with Gasteiger partial charge in [-0.1, -0.05) is 19.3 Å². The minimum absolute atomic E-state index is 1.06. The Hall–Kier alpha value is 0.350. The van der Waals surface area contributed by atoms with Crippen LogP contribution in [0.1, 0.15) is 44.9 Å². The van der Waals surface area contributed by atoms with Crippen molar-refractivity contribution in [3.05, 3.63) is 5.92 Å². The van der Waals surface area contributed by atoms with E-state index in [4.69, 9.17) is 0 Å². The van der Waals surface area contributed by atoms with E-state index in [0.29, 0.717) is 0 Å². The van der Waals surface area contributed by atoms with E-state index in [0.717, 1.165) is 5.75 Å². The van der Waals surface area contributed by atoms with Crippen LogP contribution in [0, 0.1) is 5.92 Å². The lowest BCUT2D eigenvalue weighted by atomic mass is 9.86. The first kappa shape index (κ1) is 8.45. The first-order valence-corrected chi connectivity index (χ1v) is 5.01. The fraction of sp³-hybridized carbons (Fsp3) is 0.889. The predicted molar refractivity (Wildman–Crippen MR) is 49.4 cm³/mol. The lowest BCUT2D eigenvalue weighted by molar-refractivity contribution is 0.504. The molecule has 0 amide bonds. The maximum atomic E-state index is 4.21. The summed E-state index contributed by atoms with van der Waals surface area (Å²) >= 11 is 4.21. The topological polar surface area (TPSA) is 0 Å². The third-order valence-corrected chi connectivity index (χ3v) is 2.57. The second-order valence-corrected chi connectivity index (χ2v) is 3.59. The molecule has 1 radical (unpaired) electrons. The van der Waals surface area contributed by atoms with E-state index in [2.05, 4.69) is 12.6 Å². The number of hydrogen-bond acceptors (Lipinski definition) is 1. The monoisotopic (exact) mass is 157 g/mol. The Morgan fingerprint density at radius 2 is 1.80 bits per heavy atom. The molecule has 0 aromatic rings. The second-order valence-electron chi connectivity index (χ2n) is 3.14. The van der Waals surface area contributed by atoms with Crippen LogP contribution in [0.2, 0.25) is 0 Å². The summed E-state index contributed by atoms with van der Waals surface area (Å²) in [4.78, 5) is 0. The molecule has 0 bridgehead atoms. The van der Waals surface area contributed by atoms with Crippen molar-refractivity contribution in [2.75, 3.05) is 5.75 Å². The Morgan fingerprint density at radius 1 is 1.10 bits per heavy atom. The first-order valence-electron chi connectivity index (χ1n) is 4.38. The molecule has 1 rings (SSSR count). The van der Waals surface area contributed by atoms with Crippen LogP contribution >= 0.6 is 12.6 Å². The molecular formula is C9H17S. The van der Waals surface area contributed by atoms with Gasteiger partial charge < -0.3 is 0 Å². The van der Waals surface area contributed by atoms with E-state index in [1.165, 1.54) is 44.9 Å². The van der Waals surface area contributed by atoms with Crippen molar-refractivity contribution >= 4 is 12.6 Å². The minimum atomic E-state index is 1.06. The molecule has 0 nitrogen and oxygen atoms in total. The van der Waals surface area contributed by atoms with Crippen molar-refractivity contribution in [2.24, 2.45) is 0 Å². The zero-order chi connectivity index (χ0) is 7.23. The molecule has 0 aromatic carbocycles. The van der Waals surface area contributed by atoms with Crippen LogP contribution in [-0.2, 0) is 0 Å². The number of rotatable bonds is 3. The van der Waals surface area contributed by atoms with Crippen LogP contribution in [0.3, 0.4) is 0 Å². The molecule has 10 heavy (non-hydrogen) atoms. The minimum Gasteiger partial charge on any atom is -0.179 e. The molecule has 1 aliphatic carbocycles.